The number of rotatable bonds is 17. The Balaban J connectivity index is 0.926. The molecule has 110 heavy (non-hydrogen) atoms. The Morgan fingerprint density at radius 2 is 0.545 bits per heavy atom. The van der Waals surface area contributed by atoms with E-state index in [1.807, 2.05) is 22.7 Å². The smallest absolute Gasteiger partial charge is 0.0888 e. The molecule has 2 aromatic heterocycles. The molecule has 0 saturated heterocycles. The fourth-order valence-electron chi connectivity index (χ4n) is 17.4. The first kappa shape index (κ1) is 72.0. The molecule has 0 saturated carbocycles. The van der Waals surface area contributed by atoms with Gasteiger partial charge in [0, 0.05) is 76.0 Å². The molecule has 546 valence electrons. The molecule has 0 amide bonds. The molecule has 0 bridgehead atoms. The van der Waals surface area contributed by atoms with E-state index in [4.69, 9.17) is 11.6 Å². The average molecular weight is 1490 g/mol. The number of nitrogens with zero attached hydrogens (tertiary/aromatic N) is 5. The first-order valence-corrected chi connectivity index (χ1v) is 40.8. The summed E-state index contributed by atoms with van der Waals surface area (Å²) in [5.41, 5.74) is 27.3. The summed E-state index contributed by atoms with van der Waals surface area (Å²) < 4.78 is 2.57. The van der Waals surface area contributed by atoms with Crippen LogP contribution in [-0.2, 0) is 21.7 Å². The fourth-order valence-corrected chi connectivity index (χ4v) is 19.8. The van der Waals surface area contributed by atoms with Crippen LogP contribution >= 0.6 is 34.3 Å². The van der Waals surface area contributed by atoms with E-state index in [1.165, 1.54) is 63.3 Å². The summed E-state index contributed by atoms with van der Waals surface area (Å²) in [4.78, 5) is 14.8. The number of hydrogen-bond acceptors (Lipinski definition) is 7. The standard InChI is InChI=1S/C102H94ClN5S2/c1-67-27-23-28-68(2)97(67)107(81-39-25-37-79(61-81)104(75-33-15-13-16-34-75)77-47-43-71(44-48-77)94-59-73-31-19-21-41-92(73)109-94)90-65-85(106(83-51-53-86-88(63-83)101(9,10)57-55-99(86,5)6)84-52-54-87-89(64-84)102(11,12)58-56-100(87,7)8)66-91(96(90)103)108(98-69(3)29-24-30-70(98)4)82-40-26-38-80(62-82)105(76-35-17-14-18-36-76)78-49-45-72(46-50-78)95-60-74-32-20-22-42-93(74)110-95/h13-54,59-66H,55-58H2,1-12H3. The number of benzene rings is 13. The minimum atomic E-state index is -0.0805. The van der Waals surface area contributed by atoms with Crippen LogP contribution in [0.1, 0.15) is 126 Å². The lowest BCUT2D eigenvalue weighted by Crippen LogP contribution is -2.34. The van der Waals surface area contributed by atoms with Crippen molar-refractivity contribution in [3.8, 4) is 20.9 Å². The van der Waals surface area contributed by atoms with Crippen LogP contribution in [-0.4, -0.2) is 0 Å². The quantitative estimate of drug-likeness (QED) is 0.0900. The SMILES string of the molecule is Cc1cccc(C)c1N(c1cccc(N(c2ccccc2)c2ccc(-c3cc4ccccc4s3)cc2)c1)c1cc(N(c2ccc3c(c2)C(C)(C)CCC3(C)C)c2ccc3c(c2)C(C)(C)CCC3(C)C)cc(N(c2cccc(N(c3ccccc3)c3ccc(-c4cc5ccccc5s4)cc3)c2)c2c(C)cccc2C)c1Cl. The zero-order valence-electron chi connectivity index (χ0n) is 65.1. The van der Waals surface area contributed by atoms with Gasteiger partial charge in [0.05, 0.1) is 33.5 Å². The van der Waals surface area contributed by atoms with Crippen molar-refractivity contribution in [2.24, 2.45) is 0 Å². The molecule has 2 aliphatic rings. The number of halogens is 1. The third-order valence-corrected chi connectivity index (χ3v) is 26.4. The van der Waals surface area contributed by atoms with Gasteiger partial charge in [0.25, 0.3) is 0 Å². The second kappa shape index (κ2) is 28.5. The zero-order chi connectivity index (χ0) is 76.0. The lowest BCUT2D eigenvalue weighted by atomic mass is 9.63. The summed E-state index contributed by atoms with van der Waals surface area (Å²) in [6.45, 7) is 28.5. The Labute approximate surface area is 663 Å². The summed E-state index contributed by atoms with van der Waals surface area (Å²) in [5, 5.41) is 3.11. The van der Waals surface area contributed by atoms with E-state index in [-0.39, 0.29) is 21.7 Å². The van der Waals surface area contributed by atoms with Crippen molar-refractivity contribution in [3.05, 3.63) is 353 Å². The monoisotopic (exact) mass is 1490 g/mol. The molecular weight excluding hydrogens is 1390 g/mol. The fraction of sp³-hybridized carbons (Fsp3) is 0.196. The van der Waals surface area contributed by atoms with Gasteiger partial charge in [-0.1, -0.05) is 225 Å². The van der Waals surface area contributed by atoms with Gasteiger partial charge < -0.3 is 24.5 Å². The molecule has 0 N–H and O–H groups in total. The molecule has 0 spiro atoms. The van der Waals surface area contributed by atoms with Crippen molar-refractivity contribution in [2.45, 2.75) is 130 Å². The molecule has 0 aliphatic heterocycles. The van der Waals surface area contributed by atoms with Gasteiger partial charge in [-0.25, -0.2) is 0 Å². The molecule has 0 radical (unpaired) electrons. The lowest BCUT2D eigenvalue weighted by molar-refractivity contribution is 0.332. The normalized spacial score (nSPS) is 14.6. The number of para-hydroxylation sites is 4. The summed E-state index contributed by atoms with van der Waals surface area (Å²) in [6, 6.07) is 113. The molecule has 5 nitrogen and oxygen atoms in total. The van der Waals surface area contributed by atoms with Crippen molar-refractivity contribution >= 4 is 140 Å². The maximum atomic E-state index is 8.95. The number of thiophene rings is 2. The van der Waals surface area contributed by atoms with Crippen LogP contribution in [0.15, 0.2) is 303 Å². The predicted octanol–water partition coefficient (Wildman–Crippen LogP) is 31.4. The Hall–Kier alpha value is -10.9. The van der Waals surface area contributed by atoms with Gasteiger partial charge in [0.2, 0.25) is 0 Å². The van der Waals surface area contributed by atoms with Crippen LogP contribution in [0, 0.1) is 27.7 Å². The highest BCUT2D eigenvalue weighted by Gasteiger charge is 2.41. The topological polar surface area (TPSA) is 16.2 Å². The third-order valence-electron chi connectivity index (χ3n) is 23.7. The molecule has 0 atom stereocenters. The molecular formula is C102H94ClN5S2. The van der Waals surface area contributed by atoms with Gasteiger partial charge in [-0.2, -0.15) is 0 Å². The molecule has 0 unspecified atom stereocenters. The summed E-state index contributed by atoms with van der Waals surface area (Å²) in [6.07, 6.45) is 4.40. The average Bonchev–Trinajstić information content (AvgIpc) is 0.878. The third kappa shape index (κ3) is 13.3. The van der Waals surface area contributed by atoms with E-state index in [1.54, 1.807) is 0 Å². The number of anilines is 15. The summed E-state index contributed by atoms with van der Waals surface area (Å²) >= 11 is 12.6. The number of aryl methyl sites for hydroxylation is 4. The van der Waals surface area contributed by atoms with Crippen LogP contribution < -0.4 is 24.5 Å². The Kier molecular flexibility index (Phi) is 18.6. The van der Waals surface area contributed by atoms with Crippen molar-refractivity contribution in [1.29, 1.82) is 0 Å². The van der Waals surface area contributed by atoms with Crippen LogP contribution in [0.3, 0.4) is 0 Å². The maximum Gasteiger partial charge on any atom is 0.0888 e. The maximum absolute atomic E-state index is 8.95. The van der Waals surface area contributed by atoms with E-state index in [9.17, 15) is 0 Å². The van der Waals surface area contributed by atoms with Gasteiger partial charge in [-0.05, 0) is 287 Å². The van der Waals surface area contributed by atoms with Gasteiger partial charge >= 0.3 is 0 Å². The van der Waals surface area contributed by atoms with Crippen LogP contribution in [0.25, 0.3) is 41.1 Å². The summed E-state index contributed by atoms with van der Waals surface area (Å²) in [7, 11) is 0. The zero-order valence-corrected chi connectivity index (χ0v) is 67.5. The Morgan fingerprint density at radius 1 is 0.255 bits per heavy atom. The molecule has 2 heterocycles. The van der Waals surface area contributed by atoms with E-state index in [2.05, 4.69) is 411 Å². The van der Waals surface area contributed by atoms with Crippen LogP contribution in [0.2, 0.25) is 5.02 Å². The predicted molar refractivity (Wildman–Crippen MR) is 476 cm³/mol. The number of fused-ring (bicyclic) bond motifs is 4. The van der Waals surface area contributed by atoms with E-state index in [0.717, 1.165) is 133 Å². The largest absolute Gasteiger partial charge is 0.310 e. The van der Waals surface area contributed by atoms with Crippen molar-refractivity contribution in [3.63, 3.8) is 0 Å². The van der Waals surface area contributed by atoms with Gasteiger partial charge in [-0.15, -0.1) is 22.7 Å². The van der Waals surface area contributed by atoms with Crippen LogP contribution in [0.4, 0.5) is 85.3 Å². The highest BCUT2D eigenvalue weighted by atomic mass is 35.5. The van der Waals surface area contributed by atoms with Gasteiger partial charge in [-0.3, -0.25) is 0 Å². The molecule has 8 heteroatoms. The lowest BCUT2D eigenvalue weighted by Gasteiger charge is -2.43. The summed E-state index contributed by atoms with van der Waals surface area (Å²) in [5.74, 6) is 0. The van der Waals surface area contributed by atoms with E-state index < -0.39 is 0 Å². The van der Waals surface area contributed by atoms with Crippen molar-refractivity contribution < 1.29 is 0 Å². The highest BCUT2D eigenvalue weighted by Crippen LogP contribution is 2.57. The highest BCUT2D eigenvalue weighted by molar-refractivity contribution is 7.22. The van der Waals surface area contributed by atoms with Gasteiger partial charge in [0.15, 0.2) is 0 Å². The minimum absolute atomic E-state index is 0.00437. The molecule has 0 fully saturated rings. The first-order valence-electron chi connectivity index (χ1n) is 38.8. The molecule has 17 rings (SSSR count). The number of hydrogen-bond donors (Lipinski definition) is 0. The first-order chi connectivity index (χ1) is 53.1. The minimum Gasteiger partial charge on any atom is -0.310 e. The second-order valence-corrected chi connectivity index (χ2v) is 35.6. The molecule has 13 aromatic carbocycles. The second-order valence-electron chi connectivity index (χ2n) is 33.1. The molecule has 2 aliphatic carbocycles. The van der Waals surface area contributed by atoms with Gasteiger partial charge in [0.1, 0.15) is 0 Å². The Morgan fingerprint density at radius 3 is 0.918 bits per heavy atom. The van der Waals surface area contributed by atoms with E-state index >= 15 is 0 Å². The Bertz CT molecular complexity index is 5500. The molecule has 15 aromatic rings. The van der Waals surface area contributed by atoms with Crippen molar-refractivity contribution in [2.75, 3.05) is 24.5 Å². The van der Waals surface area contributed by atoms with Crippen molar-refractivity contribution in [1.82, 2.24) is 0 Å². The van der Waals surface area contributed by atoms with Crippen LogP contribution in [0.5, 0.6) is 0 Å². The van der Waals surface area contributed by atoms with E-state index in [0.29, 0.717) is 5.02 Å².